The highest BCUT2D eigenvalue weighted by atomic mass is 16.5. The first-order valence-electron chi connectivity index (χ1n) is 25.2. The second-order valence-corrected chi connectivity index (χ2v) is 19.5. The first-order chi connectivity index (χ1) is 34.9. The molecule has 1 aliphatic heterocycles. The largest absolute Gasteiger partial charge is 0.461 e. The van der Waals surface area contributed by atoms with Crippen molar-refractivity contribution in [3.63, 3.8) is 0 Å². The van der Waals surface area contributed by atoms with E-state index in [0.29, 0.717) is 0 Å². The number of aryl methyl sites for hydroxylation is 4. The molecule has 0 N–H and O–H groups in total. The minimum atomic E-state index is -0.0827. The van der Waals surface area contributed by atoms with Crippen LogP contribution in [0.5, 0.6) is 5.75 Å². The second kappa shape index (κ2) is 17.3. The average Bonchev–Trinajstić information content (AvgIpc) is 4.09. The molecule has 0 spiro atoms. The Hall–Kier alpha value is -8.34. The Morgan fingerprint density at radius 1 is 0.662 bits per heavy atom. The van der Waals surface area contributed by atoms with Crippen LogP contribution in [-0.4, -0.2) is 4.57 Å². The molecule has 4 heteroatoms. The molecule has 0 saturated heterocycles. The van der Waals surface area contributed by atoms with Gasteiger partial charge < -0.3 is 18.6 Å². The number of ether oxygens (including phenoxy) is 1. The fourth-order valence-electron chi connectivity index (χ4n) is 11.9. The molecule has 0 amide bonds. The molecule has 2 atom stereocenters. The second-order valence-electron chi connectivity index (χ2n) is 19.5. The number of fused-ring (bicyclic) bond motifs is 9. The summed E-state index contributed by atoms with van der Waals surface area (Å²) in [6.07, 6.45) is 12.8. The van der Waals surface area contributed by atoms with Gasteiger partial charge in [-0.3, -0.25) is 0 Å². The first kappa shape index (κ1) is 42.7. The highest BCUT2D eigenvalue weighted by Gasteiger charge is 2.41. The van der Waals surface area contributed by atoms with Gasteiger partial charge in [-0.2, -0.15) is 0 Å². The summed E-state index contributed by atoms with van der Waals surface area (Å²) in [6.45, 7) is 11.7. The summed E-state index contributed by atoms with van der Waals surface area (Å²) in [5.74, 6) is 2.73. The van der Waals surface area contributed by atoms with Crippen molar-refractivity contribution in [3.8, 4) is 44.8 Å². The first-order valence-corrected chi connectivity index (χ1v) is 25.2. The minimum Gasteiger partial charge on any atom is -0.461 e. The summed E-state index contributed by atoms with van der Waals surface area (Å²) < 4.78 is 15.7. The van der Waals surface area contributed by atoms with Crippen LogP contribution in [0.25, 0.3) is 77.5 Å². The van der Waals surface area contributed by atoms with Crippen LogP contribution in [0, 0.1) is 19.8 Å². The maximum absolute atomic E-state index is 6.76. The van der Waals surface area contributed by atoms with Gasteiger partial charge in [0.05, 0.1) is 22.6 Å². The predicted molar refractivity (Wildman–Crippen MR) is 295 cm³/mol. The molecule has 13 rings (SSSR count). The van der Waals surface area contributed by atoms with Gasteiger partial charge in [-0.15, -0.1) is 0 Å². The van der Waals surface area contributed by atoms with Crippen LogP contribution in [0.1, 0.15) is 59.3 Å². The number of hydrogen-bond donors (Lipinski definition) is 0. The molecular weight excluding hydrogens is 865 g/mol. The third kappa shape index (κ3) is 7.03. The Balaban J connectivity index is 0.931. The third-order valence-corrected chi connectivity index (χ3v) is 15.2. The Morgan fingerprint density at radius 2 is 1.37 bits per heavy atom. The zero-order valence-electron chi connectivity index (χ0n) is 40.5. The average molecular weight is 919 g/mol. The molecule has 2 aliphatic carbocycles. The zero-order chi connectivity index (χ0) is 47.7. The number of allylic oxidation sites excluding steroid dienone is 5. The number of rotatable bonds is 10. The fourth-order valence-corrected chi connectivity index (χ4v) is 11.9. The molecule has 0 fully saturated rings. The number of hydrogen-bond acceptors (Lipinski definition) is 3. The van der Waals surface area contributed by atoms with Crippen molar-refractivity contribution < 1.29 is 9.15 Å². The molecule has 0 saturated carbocycles. The molecule has 8 aromatic carbocycles. The molecule has 3 heterocycles. The fraction of sp³-hybridized carbons (Fsp3) is 0.134. The van der Waals surface area contributed by atoms with Crippen molar-refractivity contribution in [2.45, 2.75) is 52.4 Å². The van der Waals surface area contributed by atoms with Gasteiger partial charge in [0.25, 0.3) is 0 Å². The number of anilines is 1. The summed E-state index contributed by atoms with van der Waals surface area (Å²) in [4.78, 5) is 2.41. The number of para-hydroxylation sites is 3. The Morgan fingerprint density at radius 3 is 2.18 bits per heavy atom. The van der Waals surface area contributed by atoms with Gasteiger partial charge in [-0.1, -0.05) is 153 Å². The summed E-state index contributed by atoms with van der Waals surface area (Å²) in [6, 6.07) is 64.4. The SMILES string of the molecule is C=C(C1C=CC=C2Oc3ccc(-c4ccc5c(c4)c4cc(-c6cccc(CCC)c6-c6ccccc6C)ccc4n5-c4ccccc4)cc3C21)N(C1=CCCc2oc3ccccc3c21)c1ccccc1C. The number of aromatic nitrogens is 1. The lowest BCUT2D eigenvalue weighted by Crippen LogP contribution is -2.30. The van der Waals surface area contributed by atoms with E-state index in [2.05, 4.69) is 230 Å². The standard InChI is InChI=1S/C67H54N2O2/c1-5-18-45-21-15-27-52(65(45)50-24-11-9-19-42(50)2)48-34-37-59-55(41-48)54-39-46(33-36-58(54)69(59)49-22-7-6-8-23-49)47-35-38-62-56(40-47)66-51(26-16-31-63(66)71-62)44(4)68(57-28-13-10-20-43(57)3)60-29-17-32-64-67(60)53-25-12-14-30-61(53)70-64/h6-16,19-31,33-41,51,66H,4-5,17-18,32H2,1-3H3. The van der Waals surface area contributed by atoms with Crippen LogP contribution >= 0.6 is 0 Å². The van der Waals surface area contributed by atoms with Gasteiger partial charge >= 0.3 is 0 Å². The maximum atomic E-state index is 6.76. The van der Waals surface area contributed by atoms with Gasteiger partial charge in [0.2, 0.25) is 0 Å². The van der Waals surface area contributed by atoms with E-state index in [-0.39, 0.29) is 11.8 Å². The van der Waals surface area contributed by atoms with Crippen molar-refractivity contribution in [2.24, 2.45) is 5.92 Å². The monoisotopic (exact) mass is 918 g/mol. The van der Waals surface area contributed by atoms with E-state index in [1.165, 1.54) is 66.3 Å². The molecule has 0 radical (unpaired) electrons. The Bertz CT molecular complexity index is 3880. The smallest absolute Gasteiger partial charge is 0.134 e. The molecule has 4 nitrogen and oxygen atoms in total. The van der Waals surface area contributed by atoms with Crippen LogP contribution in [0.15, 0.2) is 223 Å². The lowest BCUT2D eigenvalue weighted by molar-refractivity contribution is 0.408. The summed E-state index contributed by atoms with van der Waals surface area (Å²) in [7, 11) is 0. The van der Waals surface area contributed by atoms with E-state index < -0.39 is 0 Å². The predicted octanol–water partition coefficient (Wildman–Crippen LogP) is 17.7. The van der Waals surface area contributed by atoms with E-state index >= 15 is 0 Å². The van der Waals surface area contributed by atoms with E-state index in [4.69, 9.17) is 15.7 Å². The van der Waals surface area contributed by atoms with Gasteiger partial charge in [0, 0.05) is 56.7 Å². The Labute approximate surface area is 415 Å². The molecule has 2 aromatic heterocycles. The molecule has 10 aromatic rings. The van der Waals surface area contributed by atoms with Crippen molar-refractivity contribution in [3.05, 3.63) is 252 Å². The molecule has 344 valence electrons. The normalized spacial score (nSPS) is 15.8. The topological polar surface area (TPSA) is 30.5 Å². The van der Waals surface area contributed by atoms with Crippen molar-refractivity contribution in [1.29, 1.82) is 0 Å². The Kier molecular flexibility index (Phi) is 10.4. The van der Waals surface area contributed by atoms with Crippen LogP contribution < -0.4 is 9.64 Å². The lowest BCUT2D eigenvalue weighted by Gasteiger charge is -2.37. The van der Waals surface area contributed by atoms with Crippen molar-refractivity contribution >= 4 is 44.2 Å². The van der Waals surface area contributed by atoms with E-state index in [0.717, 1.165) is 93.4 Å². The van der Waals surface area contributed by atoms with Gasteiger partial charge in [-0.25, -0.2) is 0 Å². The van der Waals surface area contributed by atoms with E-state index in [1.807, 2.05) is 0 Å². The number of nitrogens with zero attached hydrogens (tertiary/aromatic N) is 2. The summed E-state index contributed by atoms with van der Waals surface area (Å²) >= 11 is 0. The molecule has 2 unspecified atom stereocenters. The summed E-state index contributed by atoms with van der Waals surface area (Å²) in [5.41, 5.74) is 21.3. The van der Waals surface area contributed by atoms with E-state index in [1.54, 1.807) is 0 Å². The molecular formula is C67H54N2O2. The zero-order valence-corrected chi connectivity index (χ0v) is 40.5. The minimum absolute atomic E-state index is 0.0593. The van der Waals surface area contributed by atoms with Crippen molar-refractivity contribution in [2.75, 3.05) is 4.90 Å². The summed E-state index contributed by atoms with van der Waals surface area (Å²) in [5, 5.41) is 3.58. The number of benzene rings is 8. The quantitative estimate of drug-likeness (QED) is 0.137. The molecule has 71 heavy (non-hydrogen) atoms. The third-order valence-electron chi connectivity index (χ3n) is 15.2. The van der Waals surface area contributed by atoms with Gasteiger partial charge in [0.15, 0.2) is 0 Å². The van der Waals surface area contributed by atoms with Crippen LogP contribution in [0.2, 0.25) is 0 Å². The van der Waals surface area contributed by atoms with Crippen LogP contribution in [0.4, 0.5) is 5.69 Å². The maximum Gasteiger partial charge on any atom is 0.134 e. The van der Waals surface area contributed by atoms with E-state index in [9.17, 15) is 0 Å². The molecule has 3 aliphatic rings. The van der Waals surface area contributed by atoms with Crippen LogP contribution in [-0.2, 0) is 12.8 Å². The lowest BCUT2D eigenvalue weighted by atomic mass is 9.79. The highest BCUT2D eigenvalue weighted by molar-refractivity contribution is 6.12. The highest BCUT2D eigenvalue weighted by Crippen LogP contribution is 2.53. The van der Waals surface area contributed by atoms with Gasteiger partial charge in [-0.05, 0) is 143 Å². The van der Waals surface area contributed by atoms with Gasteiger partial charge in [0.1, 0.15) is 22.9 Å². The van der Waals surface area contributed by atoms with Crippen LogP contribution in [0.3, 0.4) is 0 Å². The van der Waals surface area contributed by atoms with Crippen molar-refractivity contribution in [1.82, 2.24) is 4.57 Å². The molecule has 0 bridgehead atoms. The number of furan rings is 1.